The molecule has 0 fully saturated rings. The number of likely N-dealkylation sites (N-methyl/N-ethyl adjacent to an activating group) is 1. The van der Waals surface area contributed by atoms with E-state index in [-0.39, 0.29) is 0 Å². The molecule has 3 heteroatoms. The lowest BCUT2D eigenvalue weighted by atomic mass is 10.1. The number of rotatable bonds is 6. The topological polar surface area (TPSA) is 45.0 Å². The Kier molecular flexibility index (Phi) is 4.26. The highest BCUT2D eigenvalue weighted by molar-refractivity contribution is 5.88. The van der Waals surface area contributed by atoms with Gasteiger partial charge in [-0.15, -0.1) is 0 Å². The third-order valence-corrected chi connectivity index (χ3v) is 3.51. The first-order chi connectivity index (χ1) is 8.76. The molecule has 0 atom stereocenters. The van der Waals surface area contributed by atoms with E-state index in [1.54, 1.807) is 0 Å². The van der Waals surface area contributed by atoms with E-state index in [0.29, 0.717) is 0 Å². The first kappa shape index (κ1) is 13.0. The van der Waals surface area contributed by atoms with Crippen molar-refractivity contribution in [1.29, 1.82) is 0 Å². The SMILES string of the molecule is CCCN(CC)CCc1c(N)[nH]c2ccccc12. The number of benzene rings is 1. The molecular weight excluding hydrogens is 222 g/mol. The smallest absolute Gasteiger partial charge is 0.104 e. The second-order valence-electron chi connectivity index (χ2n) is 4.75. The number of nitrogens with one attached hydrogen (secondary N) is 1. The van der Waals surface area contributed by atoms with Crippen LogP contribution in [0.2, 0.25) is 0 Å². The molecule has 98 valence electrons. The quantitative estimate of drug-likeness (QED) is 0.821. The van der Waals surface area contributed by atoms with Gasteiger partial charge in [0.1, 0.15) is 5.82 Å². The molecule has 0 aliphatic carbocycles. The summed E-state index contributed by atoms with van der Waals surface area (Å²) >= 11 is 0. The van der Waals surface area contributed by atoms with Crippen molar-refractivity contribution in [3.63, 3.8) is 0 Å². The number of aromatic nitrogens is 1. The van der Waals surface area contributed by atoms with Crippen molar-refractivity contribution in [3.05, 3.63) is 29.8 Å². The van der Waals surface area contributed by atoms with Gasteiger partial charge in [0.25, 0.3) is 0 Å². The van der Waals surface area contributed by atoms with Crippen LogP contribution < -0.4 is 5.73 Å². The fourth-order valence-electron chi connectivity index (χ4n) is 2.50. The number of fused-ring (bicyclic) bond motifs is 1. The molecule has 1 aromatic carbocycles. The van der Waals surface area contributed by atoms with Crippen LogP contribution in [0.4, 0.5) is 5.82 Å². The minimum absolute atomic E-state index is 0.823. The first-order valence-corrected chi connectivity index (χ1v) is 6.83. The fraction of sp³-hybridized carbons (Fsp3) is 0.467. The summed E-state index contributed by atoms with van der Waals surface area (Å²) in [5, 5.41) is 1.27. The molecule has 0 spiro atoms. The van der Waals surface area contributed by atoms with E-state index in [2.05, 4.69) is 41.9 Å². The highest BCUT2D eigenvalue weighted by Crippen LogP contribution is 2.24. The van der Waals surface area contributed by atoms with Crippen LogP contribution in [0.25, 0.3) is 10.9 Å². The molecule has 3 nitrogen and oxygen atoms in total. The standard InChI is InChI=1S/C15H23N3/c1-3-10-18(4-2)11-9-13-12-7-5-6-8-14(12)17-15(13)16/h5-8,17H,3-4,9-11,16H2,1-2H3. The van der Waals surface area contributed by atoms with Crippen molar-refractivity contribution >= 4 is 16.7 Å². The zero-order valence-electron chi connectivity index (χ0n) is 11.4. The van der Waals surface area contributed by atoms with E-state index in [1.807, 2.05) is 6.07 Å². The summed E-state index contributed by atoms with van der Waals surface area (Å²) in [4.78, 5) is 5.73. The number of hydrogen-bond donors (Lipinski definition) is 2. The number of anilines is 1. The highest BCUT2D eigenvalue weighted by Gasteiger charge is 2.10. The summed E-state index contributed by atoms with van der Waals surface area (Å²) in [6.07, 6.45) is 2.22. The minimum atomic E-state index is 0.823. The Morgan fingerprint density at radius 2 is 1.94 bits per heavy atom. The van der Waals surface area contributed by atoms with Crippen LogP contribution in [0, 0.1) is 0 Å². The molecule has 1 aromatic heterocycles. The maximum absolute atomic E-state index is 6.08. The number of nitrogens with two attached hydrogens (primary N) is 1. The van der Waals surface area contributed by atoms with Gasteiger partial charge in [-0.1, -0.05) is 32.0 Å². The maximum atomic E-state index is 6.08. The average molecular weight is 245 g/mol. The molecule has 2 aromatic rings. The summed E-state index contributed by atoms with van der Waals surface area (Å²) in [7, 11) is 0. The van der Waals surface area contributed by atoms with Crippen molar-refractivity contribution in [2.75, 3.05) is 25.4 Å². The number of para-hydroxylation sites is 1. The van der Waals surface area contributed by atoms with Crippen LogP contribution in [0.1, 0.15) is 25.8 Å². The van der Waals surface area contributed by atoms with Crippen molar-refractivity contribution in [3.8, 4) is 0 Å². The lowest BCUT2D eigenvalue weighted by Crippen LogP contribution is -2.26. The highest BCUT2D eigenvalue weighted by atomic mass is 15.1. The van der Waals surface area contributed by atoms with Gasteiger partial charge in [-0.2, -0.15) is 0 Å². The minimum Gasteiger partial charge on any atom is -0.385 e. The molecule has 1 heterocycles. The second kappa shape index (κ2) is 5.91. The molecule has 0 saturated carbocycles. The predicted octanol–water partition coefficient (Wildman–Crippen LogP) is 3.02. The van der Waals surface area contributed by atoms with Crippen LogP contribution in [-0.2, 0) is 6.42 Å². The first-order valence-electron chi connectivity index (χ1n) is 6.83. The summed E-state index contributed by atoms with van der Waals surface area (Å²) in [5.74, 6) is 0.823. The van der Waals surface area contributed by atoms with Crippen molar-refractivity contribution in [1.82, 2.24) is 9.88 Å². The number of H-pyrrole nitrogens is 1. The van der Waals surface area contributed by atoms with E-state index in [1.165, 1.54) is 23.9 Å². The Morgan fingerprint density at radius 1 is 1.17 bits per heavy atom. The van der Waals surface area contributed by atoms with E-state index in [0.717, 1.165) is 30.8 Å². The van der Waals surface area contributed by atoms with Gasteiger partial charge in [-0.05, 0) is 32.0 Å². The van der Waals surface area contributed by atoms with E-state index in [9.17, 15) is 0 Å². The van der Waals surface area contributed by atoms with Gasteiger partial charge in [-0.25, -0.2) is 0 Å². The molecule has 0 saturated heterocycles. The van der Waals surface area contributed by atoms with Crippen molar-refractivity contribution in [2.24, 2.45) is 0 Å². The van der Waals surface area contributed by atoms with Crippen LogP contribution in [0.15, 0.2) is 24.3 Å². The van der Waals surface area contributed by atoms with Crippen molar-refractivity contribution < 1.29 is 0 Å². The lowest BCUT2D eigenvalue weighted by molar-refractivity contribution is 0.293. The van der Waals surface area contributed by atoms with Crippen LogP contribution in [-0.4, -0.2) is 29.5 Å². The number of nitrogens with zero attached hydrogens (tertiary/aromatic N) is 1. The van der Waals surface area contributed by atoms with Gasteiger partial charge in [0.15, 0.2) is 0 Å². The Morgan fingerprint density at radius 3 is 2.67 bits per heavy atom. The molecule has 0 radical (unpaired) electrons. The number of aromatic amines is 1. The molecule has 0 bridgehead atoms. The van der Waals surface area contributed by atoms with Gasteiger partial charge >= 0.3 is 0 Å². The number of nitrogen functional groups attached to an aromatic ring is 1. The summed E-state index contributed by atoms with van der Waals surface area (Å²) < 4.78 is 0. The Hall–Kier alpha value is -1.48. The molecule has 2 rings (SSSR count). The summed E-state index contributed by atoms with van der Waals surface area (Å²) in [5.41, 5.74) is 8.49. The Bertz CT molecular complexity index is 501. The van der Waals surface area contributed by atoms with Crippen LogP contribution in [0.3, 0.4) is 0 Å². The van der Waals surface area contributed by atoms with E-state index in [4.69, 9.17) is 5.73 Å². The third-order valence-electron chi connectivity index (χ3n) is 3.51. The van der Waals surface area contributed by atoms with E-state index < -0.39 is 0 Å². The fourth-order valence-corrected chi connectivity index (χ4v) is 2.50. The molecular formula is C15H23N3. The number of hydrogen-bond acceptors (Lipinski definition) is 2. The Balaban J connectivity index is 2.13. The van der Waals surface area contributed by atoms with Crippen LogP contribution in [0.5, 0.6) is 0 Å². The zero-order chi connectivity index (χ0) is 13.0. The van der Waals surface area contributed by atoms with Crippen molar-refractivity contribution in [2.45, 2.75) is 26.7 Å². The maximum Gasteiger partial charge on any atom is 0.104 e. The molecule has 0 unspecified atom stereocenters. The van der Waals surface area contributed by atoms with Crippen LogP contribution >= 0.6 is 0 Å². The monoisotopic (exact) mass is 245 g/mol. The molecule has 0 aliphatic rings. The van der Waals surface area contributed by atoms with E-state index >= 15 is 0 Å². The molecule has 0 amide bonds. The summed E-state index contributed by atoms with van der Waals surface area (Å²) in [6.45, 7) is 7.79. The molecule has 0 aliphatic heterocycles. The average Bonchev–Trinajstić information content (AvgIpc) is 2.70. The second-order valence-corrected chi connectivity index (χ2v) is 4.75. The van der Waals surface area contributed by atoms with Gasteiger partial charge < -0.3 is 15.6 Å². The molecule has 3 N–H and O–H groups in total. The summed E-state index contributed by atoms with van der Waals surface area (Å²) in [6, 6.07) is 8.34. The zero-order valence-corrected chi connectivity index (χ0v) is 11.4. The largest absolute Gasteiger partial charge is 0.385 e. The normalized spacial score (nSPS) is 11.5. The Labute approximate surface area is 109 Å². The van der Waals surface area contributed by atoms with Gasteiger partial charge in [0.2, 0.25) is 0 Å². The molecule has 18 heavy (non-hydrogen) atoms. The lowest BCUT2D eigenvalue weighted by Gasteiger charge is -2.19. The van der Waals surface area contributed by atoms with Gasteiger partial charge in [-0.3, -0.25) is 0 Å². The van der Waals surface area contributed by atoms with Gasteiger partial charge in [0, 0.05) is 23.0 Å². The predicted molar refractivity (Wildman–Crippen MR) is 78.8 cm³/mol. The van der Waals surface area contributed by atoms with Gasteiger partial charge in [0.05, 0.1) is 0 Å². The third kappa shape index (κ3) is 2.67.